The molecule has 1 aliphatic rings. The molecule has 0 radical (unpaired) electrons. The molecule has 3 rings (SSSR count). The Morgan fingerprint density at radius 2 is 2.04 bits per heavy atom. The van der Waals surface area contributed by atoms with Gasteiger partial charge in [-0.05, 0) is 61.5 Å². The first-order valence-corrected chi connectivity index (χ1v) is 10.7. The molecule has 1 aromatic heterocycles. The normalized spacial score (nSPS) is 16.5. The first-order valence-electron chi connectivity index (χ1n) is 9.85. The number of thiophene rings is 1. The van der Waals surface area contributed by atoms with Crippen molar-refractivity contribution in [2.75, 3.05) is 33.9 Å². The van der Waals surface area contributed by atoms with E-state index < -0.39 is 0 Å². The summed E-state index contributed by atoms with van der Waals surface area (Å²) in [7, 11) is 3.24. The molecular weight excluding hydrogens is 372 g/mol. The number of carbonyl (C=O) groups excluding carboxylic acids is 1. The summed E-state index contributed by atoms with van der Waals surface area (Å²) in [6, 6.07) is 10.0. The predicted octanol–water partition coefficient (Wildman–Crippen LogP) is 3.90. The number of carbonyl (C=O) groups is 1. The van der Waals surface area contributed by atoms with Crippen molar-refractivity contribution in [3.05, 3.63) is 46.2 Å². The number of hydrogen-bond donors (Lipinski definition) is 1. The summed E-state index contributed by atoms with van der Waals surface area (Å²) < 4.78 is 10.7. The van der Waals surface area contributed by atoms with E-state index in [1.807, 2.05) is 18.2 Å². The lowest BCUT2D eigenvalue weighted by Crippen LogP contribution is -2.42. The largest absolute Gasteiger partial charge is 0.497 e. The van der Waals surface area contributed by atoms with Gasteiger partial charge in [-0.1, -0.05) is 13.0 Å². The SMILES string of the molecule is COc1ccc(OC)c(CC(=O)NCC(c2cccs2)N2CCC(C)CC2)c1. The molecular formula is C22H30N2O3S. The van der Waals surface area contributed by atoms with Gasteiger partial charge in [0.25, 0.3) is 0 Å². The van der Waals surface area contributed by atoms with Gasteiger partial charge in [-0.15, -0.1) is 11.3 Å². The van der Waals surface area contributed by atoms with Crippen molar-refractivity contribution in [3.63, 3.8) is 0 Å². The Morgan fingerprint density at radius 3 is 2.68 bits per heavy atom. The molecule has 0 aliphatic carbocycles. The maximum Gasteiger partial charge on any atom is 0.224 e. The van der Waals surface area contributed by atoms with Crippen LogP contribution in [0.3, 0.4) is 0 Å². The summed E-state index contributed by atoms with van der Waals surface area (Å²) in [5.41, 5.74) is 0.832. The molecule has 1 aromatic carbocycles. The van der Waals surface area contributed by atoms with Crippen molar-refractivity contribution in [1.82, 2.24) is 10.2 Å². The molecule has 2 aromatic rings. The first kappa shape index (κ1) is 20.7. The van der Waals surface area contributed by atoms with Crippen molar-refractivity contribution in [3.8, 4) is 11.5 Å². The maximum atomic E-state index is 12.7. The summed E-state index contributed by atoms with van der Waals surface area (Å²) in [5, 5.41) is 5.26. The van der Waals surface area contributed by atoms with Gasteiger partial charge in [0.15, 0.2) is 0 Å². The topological polar surface area (TPSA) is 50.8 Å². The van der Waals surface area contributed by atoms with Crippen molar-refractivity contribution in [2.45, 2.75) is 32.2 Å². The number of piperidine rings is 1. The molecule has 5 nitrogen and oxygen atoms in total. The summed E-state index contributed by atoms with van der Waals surface area (Å²) in [6.45, 7) is 5.12. The molecule has 1 saturated heterocycles. The quantitative estimate of drug-likeness (QED) is 0.728. The lowest BCUT2D eigenvalue weighted by molar-refractivity contribution is -0.120. The Morgan fingerprint density at radius 1 is 1.25 bits per heavy atom. The first-order chi connectivity index (χ1) is 13.6. The second-order valence-corrected chi connectivity index (χ2v) is 8.39. The fraction of sp³-hybridized carbons (Fsp3) is 0.500. The molecule has 1 N–H and O–H groups in total. The standard InChI is InChI=1S/C22H30N2O3S/c1-16-8-10-24(11-9-16)19(21-5-4-12-28-21)15-23-22(25)14-17-13-18(26-2)6-7-20(17)27-3/h4-7,12-13,16,19H,8-11,14-15H2,1-3H3,(H,23,25). The monoisotopic (exact) mass is 402 g/mol. The second-order valence-electron chi connectivity index (χ2n) is 7.41. The number of rotatable bonds is 8. The fourth-order valence-corrected chi connectivity index (χ4v) is 4.56. The number of amides is 1. The van der Waals surface area contributed by atoms with Gasteiger partial charge in [-0.2, -0.15) is 0 Å². The molecule has 0 spiro atoms. The average molecular weight is 403 g/mol. The van der Waals surface area contributed by atoms with Gasteiger partial charge in [0.2, 0.25) is 5.91 Å². The smallest absolute Gasteiger partial charge is 0.224 e. The van der Waals surface area contributed by atoms with E-state index in [0.717, 1.165) is 30.3 Å². The lowest BCUT2D eigenvalue weighted by atomic mass is 9.97. The summed E-state index contributed by atoms with van der Waals surface area (Å²) in [4.78, 5) is 16.5. The van der Waals surface area contributed by atoms with Crippen LogP contribution in [0.5, 0.6) is 11.5 Å². The number of nitrogens with zero attached hydrogens (tertiary/aromatic N) is 1. The van der Waals surface area contributed by atoms with E-state index in [4.69, 9.17) is 9.47 Å². The predicted molar refractivity (Wildman–Crippen MR) is 113 cm³/mol. The van der Waals surface area contributed by atoms with E-state index in [9.17, 15) is 4.79 Å². The number of ether oxygens (including phenoxy) is 2. The molecule has 1 amide bonds. The van der Waals surface area contributed by atoms with Gasteiger partial charge >= 0.3 is 0 Å². The highest BCUT2D eigenvalue weighted by Crippen LogP contribution is 2.29. The third kappa shape index (κ3) is 5.26. The Balaban J connectivity index is 1.64. The molecule has 0 saturated carbocycles. The maximum absolute atomic E-state index is 12.7. The van der Waals surface area contributed by atoms with Gasteiger partial charge in [0, 0.05) is 17.0 Å². The van der Waals surface area contributed by atoms with E-state index in [0.29, 0.717) is 12.3 Å². The lowest BCUT2D eigenvalue weighted by Gasteiger charge is -2.36. The van der Waals surface area contributed by atoms with Crippen molar-refractivity contribution >= 4 is 17.2 Å². The van der Waals surface area contributed by atoms with Crippen LogP contribution in [0, 0.1) is 5.92 Å². The average Bonchev–Trinajstić information content (AvgIpc) is 3.24. The van der Waals surface area contributed by atoms with E-state index in [1.54, 1.807) is 25.6 Å². The Hall–Kier alpha value is -2.05. The Kier molecular flexibility index (Phi) is 7.34. The Labute approximate surface area is 171 Å². The van der Waals surface area contributed by atoms with Crippen molar-refractivity contribution in [1.29, 1.82) is 0 Å². The highest BCUT2D eigenvalue weighted by atomic mass is 32.1. The zero-order valence-electron chi connectivity index (χ0n) is 16.9. The highest BCUT2D eigenvalue weighted by Gasteiger charge is 2.25. The molecule has 28 heavy (non-hydrogen) atoms. The second kappa shape index (κ2) is 9.94. The zero-order valence-corrected chi connectivity index (χ0v) is 17.8. The number of nitrogens with one attached hydrogen (secondary N) is 1. The number of likely N-dealkylation sites (tertiary alicyclic amines) is 1. The molecule has 1 unspecified atom stereocenters. The van der Waals surface area contributed by atoms with Gasteiger partial charge in [-0.25, -0.2) is 0 Å². The Bertz CT molecular complexity index is 755. The molecule has 2 heterocycles. The minimum atomic E-state index is -0.00140. The summed E-state index contributed by atoms with van der Waals surface area (Å²) in [6.07, 6.45) is 2.71. The highest BCUT2D eigenvalue weighted by molar-refractivity contribution is 7.10. The zero-order chi connectivity index (χ0) is 19.9. The molecule has 6 heteroatoms. The van der Waals surface area contributed by atoms with Crippen LogP contribution in [-0.4, -0.2) is 44.7 Å². The van der Waals surface area contributed by atoms with Crippen LogP contribution in [-0.2, 0) is 11.2 Å². The fourth-order valence-electron chi connectivity index (χ4n) is 3.70. The van der Waals surface area contributed by atoms with Crippen LogP contribution in [0.2, 0.25) is 0 Å². The van der Waals surface area contributed by atoms with Gasteiger partial charge in [-0.3, -0.25) is 9.69 Å². The van der Waals surface area contributed by atoms with Crippen LogP contribution in [0.25, 0.3) is 0 Å². The number of methoxy groups -OCH3 is 2. The van der Waals surface area contributed by atoms with Crippen LogP contribution in [0.4, 0.5) is 0 Å². The molecule has 152 valence electrons. The van der Waals surface area contributed by atoms with Crippen LogP contribution in [0.1, 0.15) is 36.2 Å². The molecule has 1 atom stereocenters. The van der Waals surface area contributed by atoms with Gasteiger partial charge in [0.1, 0.15) is 11.5 Å². The third-order valence-electron chi connectivity index (χ3n) is 5.46. The van der Waals surface area contributed by atoms with E-state index in [1.165, 1.54) is 17.7 Å². The van der Waals surface area contributed by atoms with E-state index in [2.05, 4.69) is 34.7 Å². The van der Waals surface area contributed by atoms with Crippen molar-refractivity contribution < 1.29 is 14.3 Å². The third-order valence-corrected chi connectivity index (χ3v) is 6.44. The summed E-state index contributed by atoms with van der Waals surface area (Å²) >= 11 is 1.76. The van der Waals surface area contributed by atoms with Crippen LogP contribution >= 0.6 is 11.3 Å². The minimum Gasteiger partial charge on any atom is -0.497 e. The van der Waals surface area contributed by atoms with E-state index >= 15 is 0 Å². The van der Waals surface area contributed by atoms with E-state index in [-0.39, 0.29) is 18.4 Å². The van der Waals surface area contributed by atoms with Crippen LogP contribution < -0.4 is 14.8 Å². The van der Waals surface area contributed by atoms with Crippen LogP contribution in [0.15, 0.2) is 35.7 Å². The number of benzene rings is 1. The molecule has 1 aliphatic heterocycles. The van der Waals surface area contributed by atoms with Gasteiger partial charge < -0.3 is 14.8 Å². The molecule has 1 fully saturated rings. The minimum absolute atomic E-state index is 0.00140. The van der Waals surface area contributed by atoms with Gasteiger partial charge in [0.05, 0.1) is 26.7 Å². The van der Waals surface area contributed by atoms with Crippen molar-refractivity contribution in [2.24, 2.45) is 5.92 Å². The number of hydrogen-bond acceptors (Lipinski definition) is 5. The molecule has 0 bridgehead atoms. The summed E-state index contributed by atoms with van der Waals surface area (Å²) in [5.74, 6) is 2.21.